The van der Waals surface area contributed by atoms with Gasteiger partial charge in [0.15, 0.2) is 0 Å². The van der Waals surface area contributed by atoms with Crippen molar-refractivity contribution >= 4 is 25.4 Å². The van der Waals surface area contributed by atoms with Gasteiger partial charge in [-0.25, -0.2) is 12.8 Å². The third-order valence-corrected chi connectivity index (χ3v) is 3.71. The molecule has 1 heterocycles. The van der Waals surface area contributed by atoms with Crippen LogP contribution in [0.25, 0.3) is 0 Å². The lowest BCUT2D eigenvalue weighted by atomic mass is 10.2. The first-order chi connectivity index (χ1) is 8.46. The summed E-state index contributed by atoms with van der Waals surface area (Å²) in [5, 5.41) is 0. The molecule has 0 aliphatic carbocycles. The number of hydrogen-bond acceptors (Lipinski definition) is 4. The molecule has 0 N–H and O–H groups in total. The van der Waals surface area contributed by atoms with Crippen LogP contribution in [-0.2, 0) is 19.5 Å². The molecule has 0 saturated carbocycles. The van der Waals surface area contributed by atoms with Crippen molar-refractivity contribution in [2.24, 2.45) is 0 Å². The minimum Gasteiger partial charge on any atom is -0.378 e. The third-order valence-electron chi connectivity index (χ3n) is 2.70. The fourth-order valence-electron chi connectivity index (χ4n) is 1.90. The quantitative estimate of drug-likeness (QED) is 0.796. The Morgan fingerprint density at radius 1 is 1.33 bits per heavy atom. The van der Waals surface area contributed by atoms with E-state index in [0.29, 0.717) is 37.6 Å². The first-order valence-electron chi connectivity index (χ1n) is 5.49. The standard InChI is InChI=1S/C11H13ClFNO3S/c12-18(15,16)8-9-1-2-11(10(13)7-9)14-3-5-17-6-4-14/h1-2,7H,3-6,8H2. The predicted octanol–water partition coefficient (Wildman–Crippen LogP) is 1.73. The van der Waals surface area contributed by atoms with Gasteiger partial charge in [0.1, 0.15) is 5.82 Å². The highest BCUT2D eigenvalue weighted by molar-refractivity contribution is 8.13. The molecule has 0 amide bonds. The van der Waals surface area contributed by atoms with Gasteiger partial charge in [0.05, 0.1) is 24.7 Å². The monoisotopic (exact) mass is 293 g/mol. The summed E-state index contributed by atoms with van der Waals surface area (Å²) >= 11 is 0. The minimum absolute atomic E-state index is 0.347. The van der Waals surface area contributed by atoms with Gasteiger partial charge in [0, 0.05) is 23.8 Å². The molecule has 1 aromatic rings. The zero-order chi connectivity index (χ0) is 13.2. The molecule has 1 fully saturated rings. The van der Waals surface area contributed by atoms with Crippen LogP contribution in [0.15, 0.2) is 18.2 Å². The minimum atomic E-state index is -3.66. The largest absolute Gasteiger partial charge is 0.378 e. The van der Waals surface area contributed by atoms with Crippen LogP contribution >= 0.6 is 10.7 Å². The van der Waals surface area contributed by atoms with Gasteiger partial charge in [-0.3, -0.25) is 0 Å². The molecular weight excluding hydrogens is 281 g/mol. The van der Waals surface area contributed by atoms with Crippen LogP contribution < -0.4 is 4.90 Å². The SMILES string of the molecule is O=S(=O)(Cl)Cc1ccc(N2CCOCC2)c(F)c1. The number of anilines is 1. The molecule has 1 saturated heterocycles. The Balaban J connectivity index is 2.19. The lowest BCUT2D eigenvalue weighted by molar-refractivity contribution is 0.122. The van der Waals surface area contributed by atoms with Crippen molar-refractivity contribution in [3.63, 3.8) is 0 Å². The molecule has 4 nitrogen and oxygen atoms in total. The van der Waals surface area contributed by atoms with E-state index in [9.17, 15) is 12.8 Å². The Bertz CT molecular complexity index is 529. The maximum atomic E-state index is 13.9. The summed E-state index contributed by atoms with van der Waals surface area (Å²) in [6, 6.07) is 4.37. The van der Waals surface area contributed by atoms with Gasteiger partial charge in [0.25, 0.3) is 0 Å². The molecule has 0 aromatic heterocycles. The van der Waals surface area contributed by atoms with E-state index < -0.39 is 14.9 Å². The van der Waals surface area contributed by atoms with E-state index in [1.807, 2.05) is 4.90 Å². The molecule has 18 heavy (non-hydrogen) atoms. The number of nitrogens with zero attached hydrogens (tertiary/aromatic N) is 1. The van der Waals surface area contributed by atoms with Gasteiger partial charge < -0.3 is 9.64 Å². The summed E-state index contributed by atoms with van der Waals surface area (Å²) in [7, 11) is 1.47. The molecule has 7 heteroatoms. The fraction of sp³-hybridized carbons (Fsp3) is 0.455. The van der Waals surface area contributed by atoms with Crippen molar-refractivity contribution in [2.45, 2.75) is 5.75 Å². The fourth-order valence-corrected chi connectivity index (χ4v) is 2.86. The van der Waals surface area contributed by atoms with Crippen LogP contribution in [0.2, 0.25) is 0 Å². The molecule has 100 valence electrons. The van der Waals surface area contributed by atoms with Crippen molar-refractivity contribution in [1.82, 2.24) is 0 Å². The zero-order valence-corrected chi connectivity index (χ0v) is 11.2. The molecule has 1 aromatic carbocycles. The van der Waals surface area contributed by atoms with Gasteiger partial charge in [-0.1, -0.05) is 6.07 Å². The zero-order valence-electron chi connectivity index (χ0n) is 9.60. The first-order valence-corrected chi connectivity index (χ1v) is 7.97. The molecule has 0 atom stereocenters. The average molecular weight is 294 g/mol. The van der Waals surface area contributed by atoms with Crippen LogP contribution in [0.5, 0.6) is 0 Å². The molecule has 1 aliphatic heterocycles. The molecule has 1 aliphatic rings. The number of hydrogen-bond donors (Lipinski definition) is 0. The summed E-state index contributed by atoms with van der Waals surface area (Å²) in [5.41, 5.74) is 0.813. The first kappa shape index (κ1) is 13.6. The van der Waals surface area contributed by atoms with Crippen LogP contribution in [0.3, 0.4) is 0 Å². The lowest BCUT2D eigenvalue weighted by Gasteiger charge is -2.29. The Hall–Kier alpha value is -0.850. The normalized spacial score (nSPS) is 16.9. The van der Waals surface area contributed by atoms with Gasteiger partial charge >= 0.3 is 0 Å². The lowest BCUT2D eigenvalue weighted by Crippen LogP contribution is -2.36. The molecule has 0 unspecified atom stereocenters. The molecule has 0 radical (unpaired) electrons. The molecular formula is C11H13ClFNO3S. The predicted molar refractivity (Wildman–Crippen MR) is 67.9 cm³/mol. The van der Waals surface area contributed by atoms with Crippen molar-refractivity contribution in [2.75, 3.05) is 31.2 Å². The summed E-state index contributed by atoms with van der Waals surface area (Å²) in [6.45, 7) is 2.39. The number of morpholine rings is 1. The highest BCUT2D eigenvalue weighted by Crippen LogP contribution is 2.22. The van der Waals surface area contributed by atoms with Crippen LogP contribution in [0.1, 0.15) is 5.56 Å². The van der Waals surface area contributed by atoms with E-state index >= 15 is 0 Å². The molecule has 0 bridgehead atoms. The second-order valence-electron chi connectivity index (χ2n) is 4.07. The topological polar surface area (TPSA) is 46.6 Å². The third kappa shape index (κ3) is 3.57. The van der Waals surface area contributed by atoms with Crippen LogP contribution in [-0.4, -0.2) is 34.7 Å². The van der Waals surface area contributed by atoms with Crippen molar-refractivity contribution in [3.05, 3.63) is 29.6 Å². The van der Waals surface area contributed by atoms with E-state index in [0.717, 1.165) is 0 Å². The summed E-state index contributed by atoms with van der Waals surface area (Å²) in [6.07, 6.45) is 0. The second kappa shape index (κ2) is 5.42. The van der Waals surface area contributed by atoms with Crippen LogP contribution in [0.4, 0.5) is 10.1 Å². The number of ether oxygens (including phenoxy) is 1. The van der Waals surface area contributed by atoms with E-state index in [-0.39, 0.29) is 5.75 Å². The van der Waals surface area contributed by atoms with E-state index in [4.69, 9.17) is 15.4 Å². The van der Waals surface area contributed by atoms with Gasteiger partial charge in [-0.05, 0) is 17.7 Å². The number of rotatable bonds is 3. The summed E-state index contributed by atoms with van der Waals surface area (Å²) in [5.74, 6) is -0.802. The average Bonchev–Trinajstić information content (AvgIpc) is 2.28. The Morgan fingerprint density at radius 2 is 2.00 bits per heavy atom. The van der Waals surface area contributed by atoms with Gasteiger partial charge in [-0.2, -0.15) is 0 Å². The van der Waals surface area contributed by atoms with Crippen LogP contribution in [0, 0.1) is 5.82 Å². The maximum absolute atomic E-state index is 13.9. The summed E-state index contributed by atoms with van der Waals surface area (Å²) in [4.78, 5) is 1.87. The number of halogens is 2. The number of benzene rings is 1. The summed E-state index contributed by atoms with van der Waals surface area (Å²) < 4.78 is 40.9. The highest BCUT2D eigenvalue weighted by Gasteiger charge is 2.16. The van der Waals surface area contributed by atoms with E-state index in [1.165, 1.54) is 6.07 Å². The molecule has 0 spiro atoms. The van der Waals surface area contributed by atoms with E-state index in [2.05, 4.69) is 0 Å². The Labute approximate surface area is 110 Å². The Morgan fingerprint density at radius 3 is 2.56 bits per heavy atom. The molecule has 2 rings (SSSR count). The highest BCUT2D eigenvalue weighted by atomic mass is 35.7. The Kier molecular flexibility index (Phi) is 4.09. The smallest absolute Gasteiger partial charge is 0.236 e. The second-order valence-corrected chi connectivity index (χ2v) is 6.85. The van der Waals surface area contributed by atoms with Gasteiger partial charge in [0.2, 0.25) is 9.05 Å². The van der Waals surface area contributed by atoms with Crippen molar-refractivity contribution < 1.29 is 17.5 Å². The van der Waals surface area contributed by atoms with Crippen molar-refractivity contribution in [1.29, 1.82) is 0 Å². The van der Waals surface area contributed by atoms with E-state index in [1.54, 1.807) is 12.1 Å². The van der Waals surface area contributed by atoms with Crippen molar-refractivity contribution in [3.8, 4) is 0 Å². The van der Waals surface area contributed by atoms with Gasteiger partial charge in [-0.15, -0.1) is 0 Å². The maximum Gasteiger partial charge on any atom is 0.236 e.